The van der Waals surface area contributed by atoms with Crippen LogP contribution in [0.2, 0.25) is 0 Å². The van der Waals surface area contributed by atoms with Crippen LogP contribution in [0.3, 0.4) is 0 Å². The van der Waals surface area contributed by atoms with Gasteiger partial charge in [-0.15, -0.1) is 0 Å². The fourth-order valence-corrected chi connectivity index (χ4v) is 1.50. The highest BCUT2D eigenvalue weighted by Gasteiger charge is 2.07. The number of hydrogen-bond acceptors (Lipinski definition) is 5. The Kier molecular flexibility index (Phi) is 4.73. The third kappa shape index (κ3) is 3.01. The molecule has 1 aromatic rings. The van der Waals surface area contributed by atoms with Gasteiger partial charge in [0.05, 0.1) is 25.0 Å². The first-order chi connectivity index (χ1) is 7.20. The zero-order valence-corrected chi connectivity index (χ0v) is 9.70. The first kappa shape index (κ1) is 12.2. The molecule has 1 aromatic heterocycles. The standard InChI is InChI=1S/C8H13BrN4O2/c9-7-6(11-2-1-10)5-12-13(3-4-14)8(7)15/h5,11,14H,1-4,10H2. The summed E-state index contributed by atoms with van der Waals surface area (Å²) in [5, 5.41) is 15.6. The molecule has 0 unspecified atom stereocenters. The van der Waals surface area contributed by atoms with Gasteiger partial charge in [-0.05, 0) is 15.9 Å². The Hall–Kier alpha value is -0.920. The van der Waals surface area contributed by atoms with Crippen LogP contribution in [-0.2, 0) is 6.54 Å². The summed E-state index contributed by atoms with van der Waals surface area (Å²) >= 11 is 3.17. The summed E-state index contributed by atoms with van der Waals surface area (Å²) in [4.78, 5) is 11.6. The lowest BCUT2D eigenvalue weighted by Gasteiger charge is -2.08. The number of nitrogens with two attached hydrogens (primary N) is 1. The Bertz CT molecular complexity index is 379. The van der Waals surface area contributed by atoms with Crippen molar-refractivity contribution < 1.29 is 5.11 Å². The minimum absolute atomic E-state index is 0.116. The van der Waals surface area contributed by atoms with E-state index in [1.807, 2.05) is 0 Å². The molecular weight excluding hydrogens is 264 g/mol. The van der Waals surface area contributed by atoms with Crippen LogP contribution < -0.4 is 16.6 Å². The molecule has 1 rings (SSSR count). The Morgan fingerprint density at radius 1 is 1.67 bits per heavy atom. The second-order valence-corrected chi connectivity index (χ2v) is 3.63. The van der Waals surface area contributed by atoms with Gasteiger partial charge < -0.3 is 16.2 Å². The topological polar surface area (TPSA) is 93.2 Å². The molecule has 0 aliphatic heterocycles. The maximum Gasteiger partial charge on any atom is 0.283 e. The molecule has 7 heteroatoms. The third-order valence-electron chi connectivity index (χ3n) is 1.76. The van der Waals surface area contributed by atoms with E-state index in [-0.39, 0.29) is 18.7 Å². The number of aliphatic hydroxyl groups is 1. The number of anilines is 1. The van der Waals surface area contributed by atoms with Crippen molar-refractivity contribution in [3.8, 4) is 0 Å². The van der Waals surface area contributed by atoms with E-state index in [4.69, 9.17) is 10.8 Å². The van der Waals surface area contributed by atoms with E-state index in [9.17, 15) is 4.79 Å². The highest BCUT2D eigenvalue weighted by atomic mass is 79.9. The van der Waals surface area contributed by atoms with E-state index in [0.717, 1.165) is 0 Å². The summed E-state index contributed by atoms with van der Waals surface area (Å²) in [5.74, 6) is 0. The van der Waals surface area contributed by atoms with Gasteiger partial charge in [-0.2, -0.15) is 5.10 Å². The Labute approximate surface area is 95.2 Å². The van der Waals surface area contributed by atoms with Gasteiger partial charge in [-0.25, -0.2) is 4.68 Å². The number of nitrogens with one attached hydrogen (secondary N) is 1. The van der Waals surface area contributed by atoms with Crippen LogP contribution >= 0.6 is 15.9 Å². The van der Waals surface area contributed by atoms with Crippen LogP contribution in [0.5, 0.6) is 0 Å². The van der Waals surface area contributed by atoms with E-state index in [1.54, 1.807) is 0 Å². The molecule has 0 saturated heterocycles. The van der Waals surface area contributed by atoms with Gasteiger partial charge in [0.15, 0.2) is 0 Å². The van der Waals surface area contributed by atoms with Crippen molar-refractivity contribution in [3.05, 3.63) is 21.0 Å². The maximum absolute atomic E-state index is 11.6. The summed E-state index contributed by atoms with van der Waals surface area (Å²) in [6.07, 6.45) is 1.52. The summed E-state index contributed by atoms with van der Waals surface area (Å²) in [5.41, 5.74) is 5.67. The van der Waals surface area contributed by atoms with Crippen molar-refractivity contribution in [1.29, 1.82) is 0 Å². The fraction of sp³-hybridized carbons (Fsp3) is 0.500. The molecule has 0 fully saturated rings. The van der Waals surface area contributed by atoms with E-state index >= 15 is 0 Å². The Morgan fingerprint density at radius 3 is 3.00 bits per heavy atom. The van der Waals surface area contributed by atoms with Crippen LogP contribution in [0.25, 0.3) is 0 Å². The van der Waals surface area contributed by atoms with Gasteiger partial charge in [0.1, 0.15) is 4.47 Å². The molecule has 0 aliphatic rings. The van der Waals surface area contributed by atoms with Crippen molar-refractivity contribution >= 4 is 21.6 Å². The molecular formula is C8H13BrN4O2. The number of aromatic nitrogens is 2. The van der Waals surface area contributed by atoms with Gasteiger partial charge in [-0.3, -0.25) is 4.79 Å². The van der Waals surface area contributed by atoms with Gasteiger partial charge in [0.2, 0.25) is 0 Å². The normalized spacial score (nSPS) is 10.3. The van der Waals surface area contributed by atoms with Crippen molar-refractivity contribution in [1.82, 2.24) is 9.78 Å². The second kappa shape index (κ2) is 5.84. The van der Waals surface area contributed by atoms with Crippen molar-refractivity contribution in [2.45, 2.75) is 6.54 Å². The first-order valence-electron chi connectivity index (χ1n) is 4.51. The maximum atomic E-state index is 11.6. The van der Waals surface area contributed by atoms with Crippen molar-refractivity contribution in [3.63, 3.8) is 0 Å². The molecule has 84 valence electrons. The summed E-state index contributed by atoms with van der Waals surface area (Å²) < 4.78 is 1.59. The lowest BCUT2D eigenvalue weighted by Crippen LogP contribution is -2.26. The molecule has 4 N–H and O–H groups in total. The molecule has 0 saturated carbocycles. The van der Waals surface area contributed by atoms with Gasteiger partial charge in [0.25, 0.3) is 5.56 Å². The quantitative estimate of drug-likeness (QED) is 0.666. The third-order valence-corrected chi connectivity index (χ3v) is 2.52. The molecule has 0 aliphatic carbocycles. The first-order valence-corrected chi connectivity index (χ1v) is 5.30. The highest BCUT2D eigenvalue weighted by molar-refractivity contribution is 9.10. The molecule has 0 bridgehead atoms. The van der Waals surface area contributed by atoms with Crippen molar-refractivity contribution in [2.24, 2.45) is 5.73 Å². The van der Waals surface area contributed by atoms with Gasteiger partial charge in [-0.1, -0.05) is 0 Å². The number of aliphatic hydroxyl groups excluding tert-OH is 1. The smallest absolute Gasteiger partial charge is 0.283 e. The molecule has 0 spiro atoms. The zero-order valence-electron chi connectivity index (χ0n) is 8.11. The number of rotatable bonds is 5. The fourth-order valence-electron chi connectivity index (χ4n) is 1.05. The number of hydrogen-bond donors (Lipinski definition) is 3. The number of nitrogens with zero attached hydrogens (tertiary/aromatic N) is 2. The average molecular weight is 277 g/mol. The molecule has 6 nitrogen and oxygen atoms in total. The zero-order chi connectivity index (χ0) is 11.3. The van der Waals surface area contributed by atoms with Crippen LogP contribution in [0.4, 0.5) is 5.69 Å². The van der Waals surface area contributed by atoms with Gasteiger partial charge in [0, 0.05) is 13.1 Å². The minimum Gasteiger partial charge on any atom is -0.394 e. The van der Waals surface area contributed by atoms with E-state index in [0.29, 0.717) is 23.2 Å². The summed E-state index contributed by atoms with van der Waals surface area (Å²) in [6.45, 7) is 1.12. The van der Waals surface area contributed by atoms with E-state index in [1.165, 1.54) is 10.9 Å². The van der Waals surface area contributed by atoms with Crippen LogP contribution in [0.1, 0.15) is 0 Å². The Morgan fingerprint density at radius 2 is 2.40 bits per heavy atom. The predicted octanol–water partition coefficient (Wildman–Crippen LogP) is -0.631. The van der Waals surface area contributed by atoms with Crippen LogP contribution in [0.15, 0.2) is 15.5 Å². The Balaban J connectivity index is 2.94. The molecule has 15 heavy (non-hydrogen) atoms. The molecule has 0 amide bonds. The SMILES string of the molecule is NCCNc1cnn(CCO)c(=O)c1Br. The predicted molar refractivity (Wildman–Crippen MR) is 60.8 cm³/mol. The van der Waals surface area contributed by atoms with Crippen molar-refractivity contribution in [2.75, 3.05) is 25.0 Å². The lowest BCUT2D eigenvalue weighted by atomic mass is 10.4. The molecule has 1 heterocycles. The monoisotopic (exact) mass is 276 g/mol. The molecule has 0 radical (unpaired) electrons. The van der Waals surface area contributed by atoms with Gasteiger partial charge >= 0.3 is 0 Å². The summed E-state index contributed by atoms with van der Waals surface area (Å²) in [6, 6.07) is 0. The van der Waals surface area contributed by atoms with E-state index < -0.39 is 0 Å². The minimum atomic E-state index is -0.272. The average Bonchev–Trinajstić information content (AvgIpc) is 2.24. The molecule has 0 atom stereocenters. The number of halogens is 1. The molecule has 0 aromatic carbocycles. The highest BCUT2D eigenvalue weighted by Crippen LogP contribution is 2.15. The van der Waals surface area contributed by atoms with E-state index in [2.05, 4.69) is 26.3 Å². The van der Waals surface area contributed by atoms with Crippen LogP contribution in [0, 0.1) is 0 Å². The lowest BCUT2D eigenvalue weighted by molar-refractivity contribution is 0.266. The van der Waals surface area contributed by atoms with Crippen LogP contribution in [-0.4, -0.2) is 34.6 Å². The second-order valence-electron chi connectivity index (χ2n) is 2.84. The summed E-state index contributed by atoms with van der Waals surface area (Å²) in [7, 11) is 0. The largest absolute Gasteiger partial charge is 0.394 e.